The Morgan fingerprint density at radius 1 is 1.07 bits per heavy atom. The maximum Gasteiger partial charge on any atom is 0.273 e. The number of nitrogens with one attached hydrogen (secondary N) is 1. The molecule has 0 atom stereocenters. The van der Waals surface area contributed by atoms with E-state index >= 15 is 0 Å². The lowest BCUT2D eigenvalue weighted by atomic mass is 9.89. The summed E-state index contributed by atoms with van der Waals surface area (Å²) in [7, 11) is 3.13. The number of oxime groups is 1. The van der Waals surface area contributed by atoms with Gasteiger partial charge < -0.3 is 14.9 Å². The maximum atomic E-state index is 12.7. The van der Waals surface area contributed by atoms with Gasteiger partial charge in [-0.05, 0) is 73.4 Å². The summed E-state index contributed by atoms with van der Waals surface area (Å²) in [5.74, 6) is 0.651. The van der Waals surface area contributed by atoms with Gasteiger partial charge in [0.1, 0.15) is 12.9 Å². The fourth-order valence-electron chi connectivity index (χ4n) is 3.70. The predicted octanol–water partition coefficient (Wildman–Crippen LogP) is 3.59. The minimum atomic E-state index is -0.220. The molecular formula is C23H28N2O3. The topological polar surface area (TPSA) is 59.9 Å². The van der Waals surface area contributed by atoms with E-state index < -0.39 is 0 Å². The lowest BCUT2D eigenvalue weighted by molar-refractivity contribution is -0.114. The molecule has 5 heteroatoms. The van der Waals surface area contributed by atoms with Crippen molar-refractivity contribution in [2.45, 2.75) is 39.0 Å². The van der Waals surface area contributed by atoms with E-state index in [0.717, 1.165) is 41.7 Å². The average Bonchev–Trinajstić information content (AvgIpc) is 2.71. The normalized spacial score (nSPS) is 13.6. The standard InChI is InChI=1S/C23H28N2O3/c1-16-14-17(8-11-21(16)27-2)12-13-24-23(26)22(25-28-3)20-10-9-18-6-4-5-7-19(18)15-20/h8-11,14-15H,4-7,12-13H2,1-3H3,(H,24,26)/b25-22-. The zero-order valence-corrected chi connectivity index (χ0v) is 16.9. The van der Waals surface area contributed by atoms with E-state index in [9.17, 15) is 4.79 Å². The number of fused-ring (bicyclic) bond motifs is 1. The van der Waals surface area contributed by atoms with Crippen LogP contribution in [-0.4, -0.2) is 32.4 Å². The van der Waals surface area contributed by atoms with Gasteiger partial charge in [-0.15, -0.1) is 0 Å². The van der Waals surface area contributed by atoms with Crippen molar-refractivity contribution in [1.82, 2.24) is 5.32 Å². The van der Waals surface area contributed by atoms with E-state index in [1.54, 1.807) is 7.11 Å². The summed E-state index contributed by atoms with van der Waals surface area (Å²) in [5, 5.41) is 6.96. The van der Waals surface area contributed by atoms with Crippen molar-refractivity contribution in [1.29, 1.82) is 0 Å². The summed E-state index contributed by atoms with van der Waals surface area (Å²) in [4.78, 5) is 17.7. The summed E-state index contributed by atoms with van der Waals surface area (Å²) >= 11 is 0. The highest BCUT2D eigenvalue weighted by Crippen LogP contribution is 2.23. The second kappa shape index (κ2) is 9.40. The Kier molecular flexibility index (Phi) is 6.69. The van der Waals surface area contributed by atoms with Gasteiger partial charge in [0.2, 0.25) is 0 Å². The Morgan fingerprint density at radius 3 is 2.57 bits per heavy atom. The number of nitrogens with zero attached hydrogens (tertiary/aromatic N) is 1. The number of methoxy groups -OCH3 is 1. The summed E-state index contributed by atoms with van der Waals surface area (Å²) in [6, 6.07) is 12.2. The number of aryl methyl sites for hydroxylation is 3. The van der Waals surface area contributed by atoms with Crippen LogP contribution in [0, 0.1) is 6.92 Å². The van der Waals surface area contributed by atoms with Crippen LogP contribution in [0.2, 0.25) is 0 Å². The second-order valence-electron chi connectivity index (χ2n) is 7.12. The van der Waals surface area contributed by atoms with Gasteiger partial charge in [0.05, 0.1) is 7.11 Å². The molecule has 0 saturated carbocycles. The van der Waals surface area contributed by atoms with Crippen LogP contribution in [0.3, 0.4) is 0 Å². The first-order valence-corrected chi connectivity index (χ1v) is 9.77. The van der Waals surface area contributed by atoms with Gasteiger partial charge in [0, 0.05) is 12.1 Å². The van der Waals surface area contributed by atoms with Crippen molar-refractivity contribution in [2.75, 3.05) is 20.8 Å². The summed E-state index contributed by atoms with van der Waals surface area (Å²) < 4.78 is 5.29. The van der Waals surface area contributed by atoms with Gasteiger partial charge in [-0.3, -0.25) is 4.79 Å². The molecule has 1 aliphatic rings. The molecule has 0 fully saturated rings. The highest BCUT2D eigenvalue weighted by atomic mass is 16.6. The Morgan fingerprint density at radius 2 is 1.86 bits per heavy atom. The van der Waals surface area contributed by atoms with Crippen molar-refractivity contribution in [3.05, 3.63) is 64.2 Å². The molecule has 28 heavy (non-hydrogen) atoms. The van der Waals surface area contributed by atoms with Crippen molar-refractivity contribution < 1.29 is 14.4 Å². The molecule has 0 bridgehead atoms. The van der Waals surface area contributed by atoms with Gasteiger partial charge in [0.15, 0.2) is 5.71 Å². The van der Waals surface area contributed by atoms with Crippen LogP contribution >= 0.6 is 0 Å². The molecule has 1 aliphatic carbocycles. The molecule has 2 aromatic rings. The van der Waals surface area contributed by atoms with E-state index in [0.29, 0.717) is 12.3 Å². The lowest BCUT2D eigenvalue weighted by Crippen LogP contribution is -2.33. The molecule has 1 N–H and O–H groups in total. The fraction of sp³-hybridized carbons (Fsp3) is 0.391. The number of hydrogen-bond acceptors (Lipinski definition) is 4. The first-order chi connectivity index (χ1) is 13.6. The van der Waals surface area contributed by atoms with Gasteiger partial charge in [-0.25, -0.2) is 0 Å². The van der Waals surface area contributed by atoms with Crippen LogP contribution in [0.1, 0.15) is 40.7 Å². The highest BCUT2D eigenvalue weighted by molar-refractivity contribution is 6.45. The maximum absolute atomic E-state index is 12.7. The SMILES string of the molecule is CO/N=C(\C(=O)NCCc1ccc(OC)c(C)c1)c1ccc2c(c1)CCCC2. The molecule has 0 aromatic heterocycles. The molecule has 2 aromatic carbocycles. The van der Waals surface area contributed by atoms with Gasteiger partial charge in [-0.1, -0.05) is 29.4 Å². The minimum absolute atomic E-state index is 0.220. The molecule has 1 amide bonds. The Hall–Kier alpha value is -2.82. The summed E-state index contributed by atoms with van der Waals surface area (Å²) in [6.45, 7) is 2.54. The largest absolute Gasteiger partial charge is 0.496 e. The van der Waals surface area contributed by atoms with E-state index in [2.05, 4.69) is 28.7 Å². The van der Waals surface area contributed by atoms with Gasteiger partial charge in [-0.2, -0.15) is 0 Å². The monoisotopic (exact) mass is 380 g/mol. The molecule has 0 radical (unpaired) electrons. The van der Waals surface area contributed by atoms with Gasteiger partial charge >= 0.3 is 0 Å². The van der Waals surface area contributed by atoms with E-state index in [1.165, 1.54) is 31.1 Å². The van der Waals surface area contributed by atoms with Crippen molar-refractivity contribution in [2.24, 2.45) is 5.16 Å². The average molecular weight is 380 g/mol. The zero-order valence-electron chi connectivity index (χ0n) is 16.9. The number of hydrogen-bond donors (Lipinski definition) is 1. The molecule has 0 heterocycles. The Bertz CT molecular complexity index is 874. The number of ether oxygens (including phenoxy) is 1. The number of carbonyl (C=O) groups excluding carboxylic acids is 1. The number of rotatable bonds is 7. The molecule has 0 saturated heterocycles. The first-order valence-electron chi connectivity index (χ1n) is 9.77. The molecule has 148 valence electrons. The summed E-state index contributed by atoms with van der Waals surface area (Å²) in [6.07, 6.45) is 5.33. The van der Waals surface area contributed by atoms with Crippen LogP contribution in [0.15, 0.2) is 41.6 Å². The summed E-state index contributed by atoms with van der Waals surface area (Å²) in [5.41, 5.74) is 6.05. The highest BCUT2D eigenvalue weighted by Gasteiger charge is 2.18. The number of benzene rings is 2. The molecule has 5 nitrogen and oxygen atoms in total. The van der Waals surface area contributed by atoms with Crippen LogP contribution in [0.4, 0.5) is 0 Å². The third-order valence-electron chi connectivity index (χ3n) is 5.18. The van der Waals surface area contributed by atoms with Gasteiger partial charge in [0.25, 0.3) is 5.91 Å². The first kappa shape index (κ1) is 19.9. The third kappa shape index (κ3) is 4.71. The molecule has 0 spiro atoms. The van der Waals surface area contributed by atoms with E-state index in [-0.39, 0.29) is 5.91 Å². The third-order valence-corrected chi connectivity index (χ3v) is 5.18. The Labute approximate surface area is 166 Å². The molecule has 3 rings (SSSR count). The molecule has 0 aliphatic heterocycles. The van der Waals surface area contributed by atoms with Crippen LogP contribution in [-0.2, 0) is 28.9 Å². The molecular weight excluding hydrogens is 352 g/mol. The van der Waals surface area contributed by atoms with Crippen molar-refractivity contribution in [3.8, 4) is 5.75 Å². The zero-order chi connectivity index (χ0) is 19.9. The van der Waals surface area contributed by atoms with Crippen LogP contribution in [0.25, 0.3) is 0 Å². The Balaban J connectivity index is 1.65. The quantitative estimate of drug-likeness (QED) is 0.590. The minimum Gasteiger partial charge on any atom is -0.496 e. The number of amides is 1. The predicted molar refractivity (Wildman–Crippen MR) is 111 cm³/mol. The van der Waals surface area contributed by atoms with E-state index in [1.807, 2.05) is 25.1 Å². The fourth-order valence-corrected chi connectivity index (χ4v) is 3.70. The lowest BCUT2D eigenvalue weighted by Gasteiger charge is -2.17. The van der Waals surface area contributed by atoms with Crippen molar-refractivity contribution in [3.63, 3.8) is 0 Å². The van der Waals surface area contributed by atoms with Crippen LogP contribution < -0.4 is 10.1 Å². The second-order valence-corrected chi connectivity index (χ2v) is 7.12. The van der Waals surface area contributed by atoms with Crippen molar-refractivity contribution >= 4 is 11.6 Å². The molecule has 0 unspecified atom stereocenters. The number of carbonyl (C=O) groups is 1. The van der Waals surface area contributed by atoms with Crippen LogP contribution in [0.5, 0.6) is 5.75 Å². The van der Waals surface area contributed by atoms with E-state index in [4.69, 9.17) is 9.57 Å². The smallest absolute Gasteiger partial charge is 0.273 e.